The molecular weight excluding hydrogens is 266 g/mol. The topological polar surface area (TPSA) is 58.8 Å². The van der Waals surface area contributed by atoms with Crippen LogP contribution >= 0.6 is 0 Å². The second-order valence-corrected chi connectivity index (χ2v) is 6.83. The van der Waals surface area contributed by atoms with Crippen LogP contribution < -0.4 is 5.73 Å². The van der Waals surface area contributed by atoms with Gasteiger partial charge in [-0.1, -0.05) is 6.42 Å². The summed E-state index contributed by atoms with van der Waals surface area (Å²) in [6, 6.07) is 2.41. The summed E-state index contributed by atoms with van der Waals surface area (Å²) in [5.41, 5.74) is 6.22. The zero-order valence-corrected chi connectivity index (χ0v) is 13.2. The third kappa shape index (κ3) is 3.19. The molecule has 120 valence electrons. The number of carbonyl (C=O) groups is 1. The first-order valence-electron chi connectivity index (χ1n) is 8.63. The van der Waals surface area contributed by atoms with Crippen molar-refractivity contribution < 1.29 is 9.53 Å². The Hall–Kier alpha value is -0.810. The third-order valence-corrected chi connectivity index (χ3v) is 5.48. The predicted molar refractivity (Wildman–Crippen MR) is 82.1 cm³/mol. The summed E-state index contributed by atoms with van der Waals surface area (Å²) in [6.45, 7) is 4.01. The molecule has 2 N–H and O–H groups in total. The number of hydrogen-bond acceptors (Lipinski definition) is 4. The lowest BCUT2D eigenvalue weighted by Crippen LogP contribution is -2.60. The first kappa shape index (κ1) is 15.1. The SMILES string of the molecule is CCOC(=O)N1CCC(N2C3CCCC2CC(N)C3)CC1. The van der Waals surface area contributed by atoms with Crippen molar-refractivity contribution in [1.82, 2.24) is 9.80 Å². The van der Waals surface area contributed by atoms with Crippen LogP contribution in [0.4, 0.5) is 4.79 Å². The minimum absolute atomic E-state index is 0.142. The molecule has 0 aromatic carbocycles. The minimum Gasteiger partial charge on any atom is -0.450 e. The summed E-state index contributed by atoms with van der Waals surface area (Å²) >= 11 is 0. The van der Waals surface area contributed by atoms with Crippen molar-refractivity contribution in [1.29, 1.82) is 0 Å². The van der Waals surface area contributed by atoms with E-state index in [1.54, 1.807) is 0 Å². The monoisotopic (exact) mass is 295 g/mol. The van der Waals surface area contributed by atoms with Gasteiger partial charge in [0.1, 0.15) is 0 Å². The fourth-order valence-corrected chi connectivity index (χ4v) is 4.62. The van der Waals surface area contributed by atoms with Gasteiger partial charge in [-0.15, -0.1) is 0 Å². The van der Waals surface area contributed by atoms with E-state index in [0.717, 1.165) is 38.8 Å². The Morgan fingerprint density at radius 1 is 1.10 bits per heavy atom. The van der Waals surface area contributed by atoms with Crippen LogP contribution in [0, 0.1) is 0 Å². The average molecular weight is 295 g/mol. The highest BCUT2D eigenvalue weighted by Gasteiger charge is 2.41. The maximum atomic E-state index is 11.8. The first-order valence-corrected chi connectivity index (χ1v) is 8.63. The van der Waals surface area contributed by atoms with Crippen LogP contribution in [-0.4, -0.2) is 59.8 Å². The molecule has 0 aromatic heterocycles. The molecule has 0 aromatic rings. The van der Waals surface area contributed by atoms with Crippen molar-refractivity contribution in [2.24, 2.45) is 5.73 Å². The maximum Gasteiger partial charge on any atom is 0.409 e. The number of nitrogens with two attached hydrogens (primary N) is 1. The molecule has 1 amide bonds. The maximum absolute atomic E-state index is 11.8. The van der Waals surface area contributed by atoms with Gasteiger partial charge >= 0.3 is 6.09 Å². The summed E-state index contributed by atoms with van der Waals surface area (Å²) in [5.74, 6) is 0. The van der Waals surface area contributed by atoms with Crippen LogP contribution in [0.15, 0.2) is 0 Å². The van der Waals surface area contributed by atoms with E-state index in [1.165, 1.54) is 19.3 Å². The number of piperidine rings is 3. The number of hydrogen-bond donors (Lipinski definition) is 1. The highest BCUT2D eigenvalue weighted by molar-refractivity contribution is 5.67. The molecule has 0 aliphatic carbocycles. The summed E-state index contributed by atoms with van der Waals surface area (Å²) in [7, 11) is 0. The summed E-state index contributed by atoms with van der Waals surface area (Å²) in [6.07, 6.45) is 8.33. The highest BCUT2D eigenvalue weighted by atomic mass is 16.6. The summed E-state index contributed by atoms with van der Waals surface area (Å²) in [5, 5.41) is 0. The van der Waals surface area contributed by atoms with E-state index in [4.69, 9.17) is 10.5 Å². The van der Waals surface area contributed by atoms with E-state index < -0.39 is 0 Å². The molecular formula is C16H29N3O2. The van der Waals surface area contributed by atoms with Crippen molar-refractivity contribution in [3.05, 3.63) is 0 Å². The normalized spacial score (nSPS) is 34.8. The summed E-state index contributed by atoms with van der Waals surface area (Å²) in [4.78, 5) is 16.4. The molecule has 3 rings (SSSR count). The van der Waals surface area contributed by atoms with Gasteiger partial charge in [-0.25, -0.2) is 4.79 Å². The van der Waals surface area contributed by atoms with Gasteiger partial charge in [0, 0.05) is 37.3 Å². The van der Waals surface area contributed by atoms with Crippen molar-refractivity contribution in [2.75, 3.05) is 19.7 Å². The Morgan fingerprint density at radius 2 is 1.71 bits per heavy atom. The molecule has 3 heterocycles. The standard InChI is InChI=1S/C16H29N3O2/c1-2-21-16(20)18-8-6-13(7-9-18)19-14-4-3-5-15(19)11-12(17)10-14/h12-15H,2-11,17H2,1H3. The Kier molecular flexibility index (Phi) is 4.69. The lowest BCUT2D eigenvalue weighted by atomic mass is 9.80. The highest BCUT2D eigenvalue weighted by Crippen LogP contribution is 2.37. The van der Waals surface area contributed by atoms with E-state index in [-0.39, 0.29) is 6.09 Å². The van der Waals surface area contributed by atoms with Gasteiger partial charge < -0.3 is 15.4 Å². The van der Waals surface area contributed by atoms with Crippen LogP contribution in [-0.2, 0) is 4.74 Å². The zero-order chi connectivity index (χ0) is 14.8. The molecule has 2 atom stereocenters. The lowest BCUT2D eigenvalue weighted by Gasteiger charge is -2.53. The van der Waals surface area contributed by atoms with E-state index in [0.29, 0.717) is 30.8 Å². The Morgan fingerprint density at radius 3 is 2.29 bits per heavy atom. The van der Waals surface area contributed by atoms with Crippen LogP contribution in [0.1, 0.15) is 51.9 Å². The minimum atomic E-state index is -0.142. The molecule has 0 radical (unpaired) electrons. The van der Waals surface area contributed by atoms with Crippen LogP contribution in [0.25, 0.3) is 0 Å². The molecule has 3 fully saturated rings. The van der Waals surface area contributed by atoms with Crippen molar-refractivity contribution >= 4 is 6.09 Å². The van der Waals surface area contributed by atoms with E-state index in [2.05, 4.69) is 4.90 Å². The number of ether oxygens (including phenoxy) is 1. The summed E-state index contributed by atoms with van der Waals surface area (Å²) < 4.78 is 5.11. The van der Waals surface area contributed by atoms with Crippen molar-refractivity contribution in [3.8, 4) is 0 Å². The second-order valence-electron chi connectivity index (χ2n) is 6.83. The number of rotatable bonds is 2. The van der Waals surface area contributed by atoms with Crippen molar-refractivity contribution in [3.63, 3.8) is 0 Å². The molecule has 3 saturated heterocycles. The predicted octanol–water partition coefficient (Wildman–Crippen LogP) is 1.95. The van der Waals surface area contributed by atoms with Gasteiger partial charge in [-0.3, -0.25) is 4.90 Å². The van der Waals surface area contributed by atoms with Crippen LogP contribution in [0.5, 0.6) is 0 Å². The van der Waals surface area contributed by atoms with Crippen molar-refractivity contribution in [2.45, 2.75) is 76.0 Å². The van der Waals surface area contributed by atoms with E-state index >= 15 is 0 Å². The van der Waals surface area contributed by atoms with Gasteiger partial charge in [-0.2, -0.15) is 0 Å². The van der Waals surface area contributed by atoms with Gasteiger partial charge in [0.15, 0.2) is 0 Å². The second kappa shape index (κ2) is 6.53. The molecule has 0 spiro atoms. The molecule has 21 heavy (non-hydrogen) atoms. The third-order valence-electron chi connectivity index (χ3n) is 5.48. The van der Waals surface area contributed by atoms with Crippen LogP contribution in [0.3, 0.4) is 0 Å². The van der Waals surface area contributed by atoms with Crippen LogP contribution in [0.2, 0.25) is 0 Å². The Labute approximate surface area is 127 Å². The number of carbonyl (C=O) groups excluding carboxylic acids is 1. The fourth-order valence-electron chi connectivity index (χ4n) is 4.62. The molecule has 2 unspecified atom stereocenters. The van der Waals surface area contributed by atoms with Gasteiger partial charge in [0.05, 0.1) is 6.61 Å². The Bertz CT molecular complexity index is 355. The van der Waals surface area contributed by atoms with E-state index in [1.807, 2.05) is 11.8 Å². The van der Waals surface area contributed by atoms with Gasteiger partial charge in [0.2, 0.25) is 0 Å². The first-order chi connectivity index (χ1) is 10.2. The Balaban J connectivity index is 1.58. The number of fused-ring (bicyclic) bond motifs is 2. The zero-order valence-electron chi connectivity index (χ0n) is 13.2. The van der Waals surface area contributed by atoms with Gasteiger partial charge in [-0.05, 0) is 45.4 Å². The fraction of sp³-hybridized carbons (Fsp3) is 0.938. The average Bonchev–Trinajstić information content (AvgIpc) is 2.47. The number of amides is 1. The largest absolute Gasteiger partial charge is 0.450 e. The smallest absolute Gasteiger partial charge is 0.409 e. The molecule has 3 aliphatic rings. The molecule has 5 heteroatoms. The number of nitrogens with zero attached hydrogens (tertiary/aromatic N) is 2. The lowest BCUT2D eigenvalue weighted by molar-refractivity contribution is -0.0256. The molecule has 2 bridgehead atoms. The number of likely N-dealkylation sites (tertiary alicyclic amines) is 1. The molecule has 3 aliphatic heterocycles. The van der Waals surface area contributed by atoms with Gasteiger partial charge in [0.25, 0.3) is 0 Å². The molecule has 0 saturated carbocycles. The quantitative estimate of drug-likeness (QED) is 0.846. The van der Waals surface area contributed by atoms with E-state index in [9.17, 15) is 4.79 Å². The molecule has 5 nitrogen and oxygen atoms in total.